The van der Waals surface area contributed by atoms with Crippen LogP contribution in [0.3, 0.4) is 0 Å². The van der Waals surface area contributed by atoms with Crippen LogP contribution in [-0.4, -0.2) is 35.5 Å². The van der Waals surface area contributed by atoms with Crippen LogP contribution in [0.15, 0.2) is 71.5 Å². The van der Waals surface area contributed by atoms with Crippen molar-refractivity contribution in [3.63, 3.8) is 0 Å². The van der Waals surface area contributed by atoms with Crippen molar-refractivity contribution in [3.8, 4) is 11.5 Å². The van der Waals surface area contributed by atoms with Crippen molar-refractivity contribution in [2.24, 2.45) is 0 Å². The molecule has 9 nitrogen and oxygen atoms in total. The van der Waals surface area contributed by atoms with Crippen molar-refractivity contribution in [3.05, 3.63) is 82.8 Å². The average molecular weight is 432 g/mol. The summed E-state index contributed by atoms with van der Waals surface area (Å²) in [6, 6.07) is 18.5. The van der Waals surface area contributed by atoms with Gasteiger partial charge in [0.15, 0.2) is 6.61 Å². The number of imidazole rings is 1. The molecule has 32 heavy (non-hydrogen) atoms. The number of aromatic nitrogens is 2. The summed E-state index contributed by atoms with van der Waals surface area (Å²) in [5.74, 6) is 0.454. The first kappa shape index (κ1) is 20.7. The van der Waals surface area contributed by atoms with Crippen molar-refractivity contribution in [1.82, 2.24) is 9.97 Å². The maximum atomic E-state index is 12.5. The number of benzene rings is 3. The lowest BCUT2D eigenvalue weighted by Gasteiger charge is -2.09. The molecule has 9 heteroatoms. The molecular weight excluding hydrogens is 412 g/mol. The Bertz CT molecular complexity index is 1320. The molecule has 0 bridgehead atoms. The van der Waals surface area contributed by atoms with E-state index in [1.807, 2.05) is 0 Å². The lowest BCUT2D eigenvalue weighted by Crippen LogP contribution is -2.20. The molecule has 4 rings (SSSR count). The minimum absolute atomic E-state index is 0.183. The van der Waals surface area contributed by atoms with Crippen molar-refractivity contribution in [2.75, 3.05) is 24.4 Å². The van der Waals surface area contributed by atoms with E-state index in [0.717, 1.165) is 0 Å². The second-order valence-electron chi connectivity index (χ2n) is 6.89. The average Bonchev–Trinajstić information content (AvgIpc) is 3.17. The van der Waals surface area contributed by atoms with E-state index in [-0.39, 0.29) is 24.1 Å². The maximum Gasteiger partial charge on any atom is 0.323 e. The van der Waals surface area contributed by atoms with Gasteiger partial charge in [0, 0.05) is 23.0 Å². The lowest BCUT2D eigenvalue weighted by molar-refractivity contribution is -0.118. The third kappa shape index (κ3) is 4.96. The number of methoxy groups -OCH3 is 1. The molecule has 1 aromatic heterocycles. The number of H-pyrrole nitrogens is 2. The summed E-state index contributed by atoms with van der Waals surface area (Å²) < 4.78 is 10.6. The van der Waals surface area contributed by atoms with E-state index in [9.17, 15) is 14.4 Å². The molecule has 4 aromatic rings. The summed E-state index contributed by atoms with van der Waals surface area (Å²) in [7, 11) is 1.55. The zero-order valence-corrected chi connectivity index (χ0v) is 17.1. The van der Waals surface area contributed by atoms with Crippen LogP contribution in [0.5, 0.6) is 11.5 Å². The molecule has 2 amide bonds. The molecule has 0 saturated heterocycles. The first-order chi connectivity index (χ1) is 15.5. The zero-order chi connectivity index (χ0) is 22.5. The van der Waals surface area contributed by atoms with Crippen molar-refractivity contribution < 1.29 is 19.1 Å². The molecule has 0 aliphatic carbocycles. The van der Waals surface area contributed by atoms with Gasteiger partial charge in [0.05, 0.1) is 18.1 Å². The first-order valence-electron chi connectivity index (χ1n) is 9.70. The van der Waals surface area contributed by atoms with Crippen molar-refractivity contribution in [2.45, 2.75) is 0 Å². The van der Waals surface area contributed by atoms with Crippen molar-refractivity contribution >= 4 is 34.2 Å². The van der Waals surface area contributed by atoms with Crippen LogP contribution >= 0.6 is 0 Å². The molecule has 4 N–H and O–H groups in total. The second-order valence-corrected chi connectivity index (χ2v) is 6.89. The highest BCUT2D eigenvalue weighted by Gasteiger charge is 2.09. The Morgan fingerprint density at radius 2 is 1.59 bits per heavy atom. The summed E-state index contributed by atoms with van der Waals surface area (Å²) in [5, 5.41) is 5.50. The number of aromatic amines is 2. The van der Waals surface area contributed by atoms with E-state index >= 15 is 0 Å². The first-order valence-corrected chi connectivity index (χ1v) is 9.70. The quantitative estimate of drug-likeness (QED) is 0.357. The number of amides is 2. The molecule has 3 aromatic carbocycles. The molecule has 0 unspecified atom stereocenters. The van der Waals surface area contributed by atoms with Crippen LogP contribution in [0.25, 0.3) is 11.0 Å². The van der Waals surface area contributed by atoms with Gasteiger partial charge in [-0.15, -0.1) is 0 Å². The molecule has 0 saturated carbocycles. The number of hydrogen-bond acceptors (Lipinski definition) is 5. The molecule has 0 spiro atoms. The van der Waals surface area contributed by atoms with Crippen LogP contribution in [-0.2, 0) is 4.79 Å². The predicted octanol–water partition coefficient (Wildman–Crippen LogP) is 3.13. The van der Waals surface area contributed by atoms with Crippen LogP contribution in [0.1, 0.15) is 10.4 Å². The number of hydrogen-bond donors (Lipinski definition) is 4. The molecule has 1 heterocycles. The fourth-order valence-corrected chi connectivity index (χ4v) is 3.06. The molecule has 162 valence electrons. The number of carbonyl (C=O) groups is 2. The summed E-state index contributed by atoms with van der Waals surface area (Å²) in [6.45, 7) is -0.183. The van der Waals surface area contributed by atoms with Crippen LogP contribution in [0, 0.1) is 0 Å². The Balaban J connectivity index is 1.32. The van der Waals surface area contributed by atoms with Gasteiger partial charge in [-0.2, -0.15) is 0 Å². The molecular formula is C23H20N4O5. The topological polar surface area (TPSA) is 125 Å². The summed E-state index contributed by atoms with van der Waals surface area (Å²) in [4.78, 5) is 41.2. The third-order valence-corrected chi connectivity index (χ3v) is 4.61. The van der Waals surface area contributed by atoms with Gasteiger partial charge < -0.3 is 30.1 Å². The Morgan fingerprint density at radius 1 is 0.844 bits per heavy atom. The van der Waals surface area contributed by atoms with E-state index in [1.54, 1.807) is 73.8 Å². The highest BCUT2D eigenvalue weighted by molar-refractivity contribution is 6.05. The van der Waals surface area contributed by atoms with Crippen LogP contribution in [0.4, 0.5) is 11.4 Å². The fourth-order valence-electron chi connectivity index (χ4n) is 3.06. The van der Waals surface area contributed by atoms with Gasteiger partial charge in [0.25, 0.3) is 11.8 Å². The maximum absolute atomic E-state index is 12.5. The number of fused-ring (bicyclic) bond motifs is 1. The van der Waals surface area contributed by atoms with Gasteiger partial charge in [-0.3, -0.25) is 9.59 Å². The third-order valence-electron chi connectivity index (χ3n) is 4.61. The SMILES string of the molecule is COc1cccc(NC(=O)COc2ccc(C(=O)Nc3ccc4[nH]c(=O)[nH]c4c3)cc2)c1. The van der Waals surface area contributed by atoms with E-state index in [2.05, 4.69) is 20.6 Å². The number of anilines is 2. The van der Waals surface area contributed by atoms with E-state index in [1.165, 1.54) is 0 Å². The minimum Gasteiger partial charge on any atom is -0.497 e. The standard InChI is InChI=1S/C23H20N4O5/c1-31-18-4-2-3-15(11-18)24-21(28)13-32-17-8-5-14(6-9-17)22(29)25-16-7-10-19-20(12-16)27-23(30)26-19/h2-12H,13H2,1H3,(H,24,28)(H,25,29)(H2,26,27,30). The van der Waals surface area contributed by atoms with Gasteiger partial charge in [-0.05, 0) is 54.6 Å². The van der Waals surface area contributed by atoms with E-state index < -0.39 is 0 Å². The predicted molar refractivity (Wildman–Crippen MR) is 120 cm³/mol. The zero-order valence-electron chi connectivity index (χ0n) is 17.1. The minimum atomic E-state index is -0.321. The highest BCUT2D eigenvalue weighted by Crippen LogP contribution is 2.18. The van der Waals surface area contributed by atoms with Gasteiger partial charge in [0.2, 0.25) is 0 Å². The summed E-state index contributed by atoms with van der Waals surface area (Å²) >= 11 is 0. The van der Waals surface area contributed by atoms with Crippen LogP contribution in [0.2, 0.25) is 0 Å². The summed E-state index contributed by atoms with van der Waals surface area (Å²) in [5.41, 5.74) is 2.52. The fraction of sp³-hybridized carbons (Fsp3) is 0.0870. The van der Waals surface area contributed by atoms with Crippen LogP contribution < -0.4 is 25.8 Å². The monoisotopic (exact) mass is 432 g/mol. The Hall–Kier alpha value is -4.53. The molecule has 0 aliphatic heterocycles. The van der Waals surface area contributed by atoms with E-state index in [0.29, 0.717) is 39.5 Å². The molecule has 0 atom stereocenters. The number of ether oxygens (including phenoxy) is 2. The second kappa shape index (κ2) is 9.09. The normalized spacial score (nSPS) is 10.5. The Labute approximate surface area is 182 Å². The largest absolute Gasteiger partial charge is 0.497 e. The lowest BCUT2D eigenvalue weighted by atomic mass is 10.2. The summed E-state index contributed by atoms with van der Waals surface area (Å²) in [6.07, 6.45) is 0. The number of carbonyl (C=O) groups excluding carboxylic acids is 2. The smallest absolute Gasteiger partial charge is 0.323 e. The highest BCUT2D eigenvalue weighted by atomic mass is 16.5. The number of rotatable bonds is 7. The molecule has 0 fully saturated rings. The Morgan fingerprint density at radius 3 is 2.38 bits per heavy atom. The number of nitrogens with one attached hydrogen (secondary N) is 4. The Kier molecular flexibility index (Phi) is 5.89. The molecule has 0 aliphatic rings. The van der Waals surface area contributed by atoms with Gasteiger partial charge in [0.1, 0.15) is 11.5 Å². The van der Waals surface area contributed by atoms with E-state index in [4.69, 9.17) is 9.47 Å². The van der Waals surface area contributed by atoms with Crippen molar-refractivity contribution in [1.29, 1.82) is 0 Å². The van der Waals surface area contributed by atoms with Gasteiger partial charge in [-0.1, -0.05) is 6.07 Å². The van der Waals surface area contributed by atoms with Gasteiger partial charge >= 0.3 is 5.69 Å². The molecule has 0 radical (unpaired) electrons. The van der Waals surface area contributed by atoms with Gasteiger partial charge in [-0.25, -0.2) is 4.79 Å².